The van der Waals surface area contributed by atoms with Crippen LogP contribution < -0.4 is 12.4 Å². The number of rotatable bonds is 2. The van der Waals surface area contributed by atoms with Crippen molar-refractivity contribution in [1.29, 1.82) is 0 Å². The van der Waals surface area contributed by atoms with Crippen molar-refractivity contribution in [2.75, 3.05) is 33.4 Å². The highest BCUT2D eigenvalue weighted by atomic mass is 35.5. The average molecular weight is 166 g/mol. The lowest BCUT2D eigenvalue weighted by atomic mass is 10.7. The van der Waals surface area contributed by atoms with Crippen LogP contribution in [0.25, 0.3) is 0 Å². The predicted molar refractivity (Wildman–Crippen MR) is 33.6 cm³/mol. The average Bonchev–Trinajstić information content (AvgIpc) is 1.82. The Bertz CT molecular complexity index is 162. The maximum atomic E-state index is 7.13. The van der Waals surface area contributed by atoms with Gasteiger partial charge in [0.1, 0.15) is 0 Å². The summed E-state index contributed by atoms with van der Waals surface area (Å²) in [5, 5.41) is 0. The standard InChI is InChI=1S/C5H13ClN.ClH/c1-7(2,3)5-4-6;/h4-5H2,1-3H3;1H/q+1;/p-1/i1+1D3,2+1D3;. The van der Waals surface area contributed by atoms with Crippen LogP contribution in [0.5, 0.6) is 0 Å². The lowest BCUT2D eigenvalue weighted by Crippen LogP contribution is -3.00. The van der Waals surface area contributed by atoms with Crippen molar-refractivity contribution in [1.82, 2.24) is 0 Å². The molecule has 0 heterocycles. The van der Waals surface area contributed by atoms with E-state index in [1.54, 1.807) is 0 Å². The molecule has 0 saturated heterocycles. The molecule has 0 aromatic heterocycles. The first-order valence-electron chi connectivity index (χ1n) is 4.98. The van der Waals surface area contributed by atoms with E-state index >= 15 is 0 Å². The molecule has 3 heteroatoms. The molecule has 0 fully saturated rings. The van der Waals surface area contributed by atoms with E-state index in [1.165, 1.54) is 7.05 Å². The summed E-state index contributed by atoms with van der Waals surface area (Å²) in [7, 11) is 1.17. The summed E-state index contributed by atoms with van der Waals surface area (Å²) in [5.41, 5.74) is 0. The van der Waals surface area contributed by atoms with Gasteiger partial charge in [0.05, 0.1) is 41.6 Å². The Morgan fingerprint density at radius 2 is 2.12 bits per heavy atom. The van der Waals surface area contributed by atoms with Crippen molar-refractivity contribution >= 4 is 11.6 Å². The van der Waals surface area contributed by atoms with E-state index in [-0.39, 0.29) is 24.8 Å². The van der Waals surface area contributed by atoms with Gasteiger partial charge in [-0.1, -0.05) is 0 Å². The van der Waals surface area contributed by atoms with Gasteiger partial charge in [0.25, 0.3) is 0 Å². The smallest absolute Gasteiger partial charge is 0.0918 e. The zero-order valence-corrected chi connectivity index (χ0v) is 6.13. The number of quaternary nitrogens is 1. The summed E-state index contributed by atoms with van der Waals surface area (Å²) >= 11 is 5.38. The Morgan fingerprint density at radius 3 is 2.25 bits per heavy atom. The van der Waals surface area contributed by atoms with Gasteiger partial charge in [-0.3, -0.25) is 0 Å². The minimum atomic E-state index is -2.57. The number of hydrogen-bond acceptors (Lipinski definition) is 0. The quantitative estimate of drug-likeness (QED) is 0.251. The Balaban J connectivity index is 0. The number of nitrogens with zero attached hydrogens (tertiary/aromatic N) is 1. The van der Waals surface area contributed by atoms with Crippen LogP contribution in [-0.2, 0) is 0 Å². The number of alkyl halides is 1. The summed E-state index contributed by atoms with van der Waals surface area (Å²) < 4.78 is 41.8. The molecular formula is C5H13Cl2N. The highest BCUT2D eigenvalue weighted by Crippen LogP contribution is 1.88. The second kappa shape index (κ2) is 4.42. The van der Waals surface area contributed by atoms with Gasteiger partial charge >= 0.3 is 0 Å². The lowest BCUT2D eigenvalue weighted by Gasteiger charge is -2.21. The molecule has 0 spiro atoms. The highest BCUT2D eigenvalue weighted by molar-refractivity contribution is 6.17. The topological polar surface area (TPSA) is 0 Å². The van der Waals surface area contributed by atoms with Crippen LogP contribution in [-0.4, -0.2) is 37.9 Å². The van der Waals surface area contributed by atoms with Crippen LogP contribution in [0.1, 0.15) is 8.22 Å². The molecule has 52 valence electrons. The lowest BCUT2D eigenvalue weighted by molar-refractivity contribution is -0.867. The van der Waals surface area contributed by atoms with E-state index in [4.69, 9.17) is 19.8 Å². The van der Waals surface area contributed by atoms with Gasteiger partial charge in [-0.15, -0.1) is 11.6 Å². The third-order valence-corrected chi connectivity index (χ3v) is 0.701. The zero-order chi connectivity index (χ0) is 10.9. The maximum absolute atomic E-state index is 7.13. The molecule has 0 aromatic rings. The second-order valence-electron chi connectivity index (χ2n) is 1.60. The zero-order valence-electron chi connectivity index (χ0n) is 10.6. The minimum absolute atomic E-state index is 0. The molecule has 0 bridgehead atoms. The van der Waals surface area contributed by atoms with E-state index in [0.717, 1.165) is 0 Å². The first-order valence-corrected chi connectivity index (χ1v) is 2.51. The van der Waals surface area contributed by atoms with E-state index in [1.807, 2.05) is 0 Å². The first-order chi connectivity index (χ1) is 5.56. The Hall–Kier alpha value is 0.540. The van der Waals surface area contributed by atoms with Gasteiger partial charge in [-0.25, -0.2) is 0 Å². The Labute approximate surface area is 71.1 Å². The Morgan fingerprint density at radius 1 is 1.62 bits per heavy atom. The van der Waals surface area contributed by atoms with Crippen LogP contribution in [0, 0.1) is 0 Å². The molecule has 0 atom stereocenters. The fourth-order valence-corrected chi connectivity index (χ4v) is 0.507. The summed E-state index contributed by atoms with van der Waals surface area (Å²) in [6.07, 6.45) is 0. The molecule has 0 saturated carbocycles. The molecule has 0 radical (unpaired) electrons. The number of halogens is 2. The molecule has 8 heavy (non-hydrogen) atoms. The molecule has 0 aliphatic carbocycles. The van der Waals surface area contributed by atoms with Crippen LogP contribution in [0.15, 0.2) is 0 Å². The van der Waals surface area contributed by atoms with Gasteiger partial charge in [0.2, 0.25) is 0 Å². The molecule has 0 rings (SSSR count). The highest BCUT2D eigenvalue weighted by Gasteiger charge is 2.02. The van der Waals surface area contributed by atoms with Crippen molar-refractivity contribution in [3.63, 3.8) is 0 Å². The molecule has 0 aliphatic heterocycles. The van der Waals surface area contributed by atoms with Gasteiger partial charge in [-0.05, 0) is 0 Å². The summed E-state index contributed by atoms with van der Waals surface area (Å²) in [6, 6.07) is 0. The van der Waals surface area contributed by atoms with Crippen LogP contribution in [0.2, 0.25) is 0 Å². The monoisotopic (exact) mass is 165 g/mol. The molecular weight excluding hydrogens is 147 g/mol. The van der Waals surface area contributed by atoms with Crippen molar-refractivity contribution in [3.8, 4) is 0 Å². The van der Waals surface area contributed by atoms with E-state index in [0.29, 0.717) is 0 Å². The van der Waals surface area contributed by atoms with E-state index < -0.39 is 18.4 Å². The van der Waals surface area contributed by atoms with E-state index in [2.05, 4.69) is 0 Å². The molecule has 0 aliphatic rings. The summed E-state index contributed by atoms with van der Waals surface area (Å²) in [5.74, 6) is 0.00722. The molecule has 0 amide bonds. The largest absolute Gasteiger partial charge is 1.00 e. The molecule has 0 N–H and O–H groups in total. The maximum Gasteiger partial charge on any atom is 0.0918 e. The SMILES string of the molecule is [2H][13C]([2H])([2H])[N+](C)(CCCl)[13C]([2H])([2H])[2H].[Cl-]. The second-order valence-corrected chi connectivity index (χ2v) is 1.98. The van der Waals surface area contributed by atoms with Gasteiger partial charge in [0.15, 0.2) is 0 Å². The summed E-state index contributed by atoms with van der Waals surface area (Å²) in [4.78, 5) is 0. The predicted octanol–water partition coefficient (Wildman–Crippen LogP) is -2.06. The third kappa shape index (κ3) is 9.74. The Kier molecular flexibility index (Phi) is 1.71. The van der Waals surface area contributed by atoms with Crippen molar-refractivity contribution in [2.45, 2.75) is 0 Å². The number of hydrogen-bond donors (Lipinski definition) is 0. The van der Waals surface area contributed by atoms with Crippen LogP contribution in [0.3, 0.4) is 0 Å². The third-order valence-electron chi connectivity index (χ3n) is 0.532. The summed E-state index contributed by atoms with van der Waals surface area (Å²) in [6.45, 7) is -5.24. The van der Waals surface area contributed by atoms with Crippen molar-refractivity contribution < 1.29 is 25.1 Å². The van der Waals surface area contributed by atoms with Crippen LogP contribution >= 0.6 is 11.6 Å². The molecule has 0 unspecified atom stereocenters. The van der Waals surface area contributed by atoms with Gasteiger partial charge < -0.3 is 16.9 Å². The van der Waals surface area contributed by atoms with E-state index in [9.17, 15) is 0 Å². The first kappa shape index (κ1) is 3.09. The van der Waals surface area contributed by atoms with Gasteiger partial charge in [-0.2, -0.15) is 0 Å². The molecule has 0 aromatic carbocycles. The normalized spacial score (nSPS) is 24.8. The minimum Gasteiger partial charge on any atom is -1.00 e. The van der Waals surface area contributed by atoms with Gasteiger partial charge in [0, 0.05) is 0 Å². The molecule has 1 nitrogen and oxygen atoms in total. The fourth-order valence-electron chi connectivity index (χ4n) is 0.169. The fraction of sp³-hybridized carbons (Fsp3) is 1.00. The van der Waals surface area contributed by atoms with Crippen molar-refractivity contribution in [2.24, 2.45) is 0 Å². The van der Waals surface area contributed by atoms with Crippen LogP contribution in [0.4, 0.5) is 0 Å². The van der Waals surface area contributed by atoms with Crippen molar-refractivity contribution in [3.05, 3.63) is 0 Å².